The van der Waals surface area contributed by atoms with Gasteiger partial charge in [-0.15, -0.1) is 0 Å². The molecule has 1 amide bonds. The number of carbonyl (C=O) groups excluding carboxylic acids is 1. The molecule has 110 valence electrons. The molecule has 6 nitrogen and oxygen atoms in total. The van der Waals surface area contributed by atoms with Crippen molar-refractivity contribution < 1.29 is 9.53 Å². The van der Waals surface area contributed by atoms with Crippen LogP contribution < -0.4 is 10.6 Å². The largest absolute Gasteiger partial charge is 0.444 e. The Bertz CT molecular complexity index is 467. The van der Waals surface area contributed by atoms with Gasteiger partial charge in [0.15, 0.2) is 0 Å². The molecule has 6 heteroatoms. The van der Waals surface area contributed by atoms with Gasteiger partial charge in [-0.05, 0) is 52.8 Å². The zero-order chi connectivity index (χ0) is 14.8. The number of hydrogen-bond acceptors (Lipinski definition) is 5. The third-order valence-corrected chi connectivity index (χ3v) is 3.06. The van der Waals surface area contributed by atoms with Gasteiger partial charge >= 0.3 is 6.09 Å². The summed E-state index contributed by atoms with van der Waals surface area (Å²) < 4.78 is 5.29. The quantitative estimate of drug-likeness (QED) is 0.861. The number of alkyl carbamates (subject to hydrolysis) is 1. The summed E-state index contributed by atoms with van der Waals surface area (Å²) in [5.74, 6) is 0. The van der Waals surface area contributed by atoms with Crippen molar-refractivity contribution in [3.63, 3.8) is 0 Å². The van der Waals surface area contributed by atoms with Crippen LogP contribution in [0.3, 0.4) is 0 Å². The van der Waals surface area contributed by atoms with Gasteiger partial charge < -0.3 is 15.4 Å². The summed E-state index contributed by atoms with van der Waals surface area (Å²) in [6, 6.07) is 3.82. The van der Waals surface area contributed by atoms with Crippen molar-refractivity contribution in [2.24, 2.45) is 0 Å². The van der Waals surface area contributed by atoms with Crippen LogP contribution in [0.5, 0.6) is 0 Å². The van der Waals surface area contributed by atoms with Gasteiger partial charge in [0, 0.05) is 0 Å². The lowest BCUT2D eigenvalue weighted by molar-refractivity contribution is 0.0500. The van der Waals surface area contributed by atoms with Crippen LogP contribution in [0.2, 0.25) is 0 Å². The first-order chi connectivity index (χ1) is 9.35. The van der Waals surface area contributed by atoms with Gasteiger partial charge in [0.2, 0.25) is 0 Å². The lowest BCUT2D eigenvalue weighted by Gasteiger charge is -2.24. The Morgan fingerprint density at radius 1 is 1.40 bits per heavy atom. The topological polar surface area (TPSA) is 76.1 Å². The van der Waals surface area contributed by atoms with Gasteiger partial charge in [0.1, 0.15) is 5.60 Å². The van der Waals surface area contributed by atoms with E-state index in [1.54, 1.807) is 0 Å². The third kappa shape index (κ3) is 3.90. The summed E-state index contributed by atoms with van der Waals surface area (Å²) in [7, 11) is 0. The molecule has 0 aromatic carbocycles. The van der Waals surface area contributed by atoms with E-state index in [9.17, 15) is 4.79 Å². The van der Waals surface area contributed by atoms with Gasteiger partial charge in [-0.1, -0.05) is 0 Å². The maximum atomic E-state index is 11.8. The molecule has 1 aliphatic heterocycles. The highest BCUT2D eigenvalue weighted by Gasteiger charge is 2.32. The van der Waals surface area contributed by atoms with Gasteiger partial charge in [-0.2, -0.15) is 10.2 Å². The highest BCUT2D eigenvalue weighted by molar-refractivity contribution is 5.68. The van der Waals surface area contributed by atoms with Crippen molar-refractivity contribution in [1.82, 2.24) is 20.8 Å². The molecule has 1 aromatic rings. The fourth-order valence-corrected chi connectivity index (χ4v) is 2.20. The zero-order valence-corrected chi connectivity index (χ0v) is 12.4. The molecule has 0 saturated carbocycles. The fourth-order valence-electron chi connectivity index (χ4n) is 2.20. The van der Waals surface area contributed by atoms with Crippen molar-refractivity contribution in [1.29, 1.82) is 0 Å². The van der Waals surface area contributed by atoms with Crippen LogP contribution in [-0.4, -0.2) is 34.5 Å². The predicted molar refractivity (Wildman–Crippen MR) is 75.3 cm³/mol. The number of rotatable bonds is 2. The number of aryl methyl sites for hydroxylation is 1. The molecule has 2 atom stereocenters. The maximum absolute atomic E-state index is 11.8. The Hall–Kier alpha value is -1.69. The van der Waals surface area contributed by atoms with Crippen molar-refractivity contribution in [2.75, 3.05) is 6.54 Å². The minimum atomic E-state index is -0.491. The first-order valence-corrected chi connectivity index (χ1v) is 6.88. The lowest BCUT2D eigenvalue weighted by atomic mass is 10.1. The van der Waals surface area contributed by atoms with Crippen molar-refractivity contribution >= 4 is 6.09 Å². The van der Waals surface area contributed by atoms with E-state index in [0.717, 1.165) is 24.4 Å². The van der Waals surface area contributed by atoms with E-state index < -0.39 is 11.7 Å². The summed E-state index contributed by atoms with van der Waals surface area (Å²) in [6.45, 7) is 8.28. The molecule has 2 heterocycles. The molecule has 0 bridgehead atoms. The molecule has 1 aromatic heterocycles. The highest BCUT2D eigenvalue weighted by atomic mass is 16.6. The first kappa shape index (κ1) is 14.7. The van der Waals surface area contributed by atoms with Crippen molar-refractivity contribution in [3.8, 4) is 0 Å². The predicted octanol–water partition coefficient (Wildman–Crippen LogP) is 1.71. The fraction of sp³-hybridized carbons (Fsp3) is 0.643. The molecular formula is C14H22N4O2. The monoisotopic (exact) mass is 278 g/mol. The third-order valence-electron chi connectivity index (χ3n) is 3.06. The molecule has 1 fully saturated rings. The van der Waals surface area contributed by atoms with E-state index >= 15 is 0 Å². The standard InChI is InChI=1S/C14H22N4O2/c1-9-5-6-11(18-17-9)12-10(7-8-15-12)16-13(19)20-14(2,3)4/h5-6,10,12,15H,7-8H2,1-4H3,(H,16,19)/t10-,12-/m1/s1. The van der Waals surface area contributed by atoms with Crippen LogP contribution in [0.25, 0.3) is 0 Å². The maximum Gasteiger partial charge on any atom is 0.407 e. The molecule has 2 N–H and O–H groups in total. The van der Waals surface area contributed by atoms with Crippen LogP contribution >= 0.6 is 0 Å². The van der Waals surface area contributed by atoms with Crippen LogP contribution in [0.15, 0.2) is 12.1 Å². The Morgan fingerprint density at radius 3 is 2.75 bits per heavy atom. The summed E-state index contributed by atoms with van der Waals surface area (Å²) in [5, 5.41) is 14.5. The molecule has 1 saturated heterocycles. The minimum absolute atomic E-state index is 0.0179. The van der Waals surface area contributed by atoms with Gasteiger partial charge in [-0.25, -0.2) is 4.79 Å². The molecule has 0 unspecified atom stereocenters. The highest BCUT2D eigenvalue weighted by Crippen LogP contribution is 2.22. The smallest absolute Gasteiger partial charge is 0.407 e. The Morgan fingerprint density at radius 2 is 2.15 bits per heavy atom. The SMILES string of the molecule is Cc1ccc([C@@H]2NCC[C@H]2NC(=O)OC(C)(C)C)nn1. The number of aromatic nitrogens is 2. The Balaban J connectivity index is 2.00. The summed E-state index contributed by atoms with van der Waals surface area (Å²) in [4.78, 5) is 11.8. The van der Waals surface area contributed by atoms with Gasteiger partial charge in [-0.3, -0.25) is 0 Å². The van der Waals surface area contributed by atoms with Crippen LogP contribution in [-0.2, 0) is 4.74 Å². The lowest BCUT2D eigenvalue weighted by Crippen LogP contribution is -2.41. The van der Waals surface area contributed by atoms with Crippen LogP contribution in [0.4, 0.5) is 4.79 Å². The molecule has 0 radical (unpaired) electrons. The molecular weight excluding hydrogens is 256 g/mol. The number of ether oxygens (including phenoxy) is 1. The van der Waals surface area contributed by atoms with E-state index in [4.69, 9.17) is 4.74 Å². The normalized spacial score (nSPS) is 22.6. The Labute approximate surface area is 119 Å². The van der Waals surface area contributed by atoms with E-state index in [-0.39, 0.29) is 12.1 Å². The number of nitrogens with one attached hydrogen (secondary N) is 2. The number of amides is 1. The zero-order valence-electron chi connectivity index (χ0n) is 12.4. The molecule has 2 rings (SSSR count). The van der Waals surface area contributed by atoms with Crippen molar-refractivity contribution in [2.45, 2.75) is 51.8 Å². The summed E-state index contributed by atoms with van der Waals surface area (Å²) in [5.41, 5.74) is 1.23. The van der Waals surface area contributed by atoms with E-state index in [1.165, 1.54) is 0 Å². The molecule has 20 heavy (non-hydrogen) atoms. The Kier molecular flexibility index (Phi) is 4.23. The number of nitrogens with zero attached hydrogens (tertiary/aromatic N) is 2. The summed E-state index contributed by atoms with van der Waals surface area (Å²) in [6.07, 6.45) is 0.454. The van der Waals surface area contributed by atoms with E-state index in [1.807, 2.05) is 39.8 Å². The number of carbonyl (C=O) groups is 1. The average Bonchev–Trinajstić information content (AvgIpc) is 2.75. The molecule has 1 aliphatic rings. The van der Waals surface area contributed by atoms with Crippen LogP contribution in [0.1, 0.15) is 44.6 Å². The van der Waals surface area contributed by atoms with Crippen LogP contribution in [0, 0.1) is 6.92 Å². The van der Waals surface area contributed by atoms with Gasteiger partial charge in [0.25, 0.3) is 0 Å². The summed E-state index contributed by atoms with van der Waals surface area (Å²) >= 11 is 0. The number of hydrogen-bond donors (Lipinski definition) is 2. The molecule has 0 aliphatic carbocycles. The van der Waals surface area contributed by atoms with Crippen molar-refractivity contribution in [3.05, 3.63) is 23.5 Å². The minimum Gasteiger partial charge on any atom is -0.444 e. The second kappa shape index (κ2) is 5.75. The second-order valence-electron chi connectivity index (χ2n) is 6.07. The first-order valence-electron chi connectivity index (χ1n) is 6.88. The average molecular weight is 278 g/mol. The van der Waals surface area contributed by atoms with E-state index in [2.05, 4.69) is 20.8 Å². The van der Waals surface area contributed by atoms with E-state index in [0.29, 0.717) is 0 Å². The van der Waals surface area contributed by atoms with Gasteiger partial charge in [0.05, 0.1) is 23.5 Å². The molecule has 0 spiro atoms. The second-order valence-corrected chi connectivity index (χ2v) is 6.07.